The van der Waals surface area contributed by atoms with Crippen LogP contribution >= 0.6 is 0 Å². The Kier molecular flexibility index (Phi) is 1.68. The highest BCUT2D eigenvalue weighted by molar-refractivity contribution is 6.05. The summed E-state index contributed by atoms with van der Waals surface area (Å²) in [6, 6.07) is 8.77. The van der Waals surface area contributed by atoms with E-state index in [9.17, 15) is 10.2 Å². The van der Waals surface area contributed by atoms with Gasteiger partial charge in [-0.25, -0.2) is 0 Å². The monoisotopic (exact) mass is 177 g/mol. The van der Waals surface area contributed by atoms with E-state index in [1.807, 2.05) is 6.07 Å². The van der Waals surface area contributed by atoms with E-state index in [0.717, 1.165) is 0 Å². The van der Waals surface area contributed by atoms with Crippen molar-refractivity contribution in [3.05, 3.63) is 35.9 Å². The summed E-state index contributed by atoms with van der Waals surface area (Å²) in [7, 11) is 0. The van der Waals surface area contributed by atoms with E-state index in [2.05, 4.69) is 15.4 Å². The number of hydrogen-bond donors (Lipinski definition) is 2. The molecule has 0 fully saturated rings. The van der Waals surface area contributed by atoms with Crippen LogP contribution in [0.2, 0.25) is 0 Å². The van der Waals surface area contributed by atoms with Crippen molar-refractivity contribution in [1.29, 1.82) is 0 Å². The molecule has 1 aromatic rings. The van der Waals surface area contributed by atoms with Gasteiger partial charge in [-0.2, -0.15) is 0 Å². The first-order valence-electron chi connectivity index (χ1n) is 3.71. The molecule has 0 aliphatic carbocycles. The first-order chi connectivity index (χ1) is 6.20. The van der Waals surface area contributed by atoms with Crippen LogP contribution in [-0.2, 0) is 0 Å². The second kappa shape index (κ2) is 2.72. The highest BCUT2D eigenvalue weighted by atomic mass is 16.5. The minimum atomic E-state index is -2.28. The van der Waals surface area contributed by atoms with Gasteiger partial charge in [-0.15, -0.1) is 5.10 Å². The van der Waals surface area contributed by atoms with Crippen molar-refractivity contribution in [3.8, 4) is 0 Å². The lowest BCUT2D eigenvalue weighted by Gasteiger charge is -2.11. The molecule has 2 rings (SSSR count). The molecule has 1 heterocycles. The Balaban J connectivity index is 2.40. The third-order valence-electron chi connectivity index (χ3n) is 1.69. The molecule has 66 valence electrons. The quantitative estimate of drug-likeness (QED) is 0.612. The average Bonchev–Trinajstić information content (AvgIpc) is 2.47. The van der Waals surface area contributed by atoms with E-state index in [0.29, 0.717) is 5.56 Å². The Labute approximate surface area is 74.1 Å². The van der Waals surface area contributed by atoms with Gasteiger partial charge in [0.2, 0.25) is 0 Å². The molecule has 0 saturated carbocycles. The van der Waals surface area contributed by atoms with E-state index in [1.54, 1.807) is 24.3 Å². The zero-order chi connectivity index (χ0) is 9.31. The lowest BCUT2D eigenvalue weighted by Crippen LogP contribution is -2.34. The summed E-state index contributed by atoms with van der Waals surface area (Å²) < 4.78 is 0. The summed E-state index contributed by atoms with van der Waals surface area (Å²) in [4.78, 5) is 0. The Morgan fingerprint density at radius 1 is 1.08 bits per heavy atom. The Bertz CT molecular complexity index is 370. The van der Waals surface area contributed by atoms with Gasteiger partial charge in [-0.1, -0.05) is 35.4 Å². The smallest absolute Gasteiger partial charge is 0.332 e. The van der Waals surface area contributed by atoms with Crippen molar-refractivity contribution in [2.24, 2.45) is 15.4 Å². The molecule has 0 aromatic heterocycles. The lowest BCUT2D eigenvalue weighted by atomic mass is 10.1. The Morgan fingerprint density at radius 2 is 1.77 bits per heavy atom. The van der Waals surface area contributed by atoms with Crippen molar-refractivity contribution in [1.82, 2.24) is 0 Å². The predicted octanol–water partition coefficient (Wildman–Crippen LogP) is 0.495. The minimum absolute atomic E-state index is 0.0492. The molecule has 5 heteroatoms. The average molecular weight is 177 g/mol. The van der Waals surface area contributed by atoms with Gasteiger partial charge in [0.15, 0.2) is 5.71 Å². The zero-order valence-corrected chi connectivity index (χ0v) is 6.62. The number of aliphatic hydroxyl groups is 2. The fraction of sp³-hybridized carbons (Fsp3) is 0.125. The molecule has 0 spiro atoms. The maximum absolute atomic E-state index is 9.27. The molecular formula is C8H7N3O2. The van der Waals surface area contributed by atoms with Gasteiger partial charge in [0.1, 0.15) is 0 Å². The summed E-state index contributed by atoms with van der Waals surface area (Å²) in [5.74, 6) is -2.28. The van der Waals surface area contributed by atoms with Gasteiger partial charge in [0.25, 0.3) is 0 Å². The molecule has 0 atom stereocenters. The van der Waals surface area contributed by atoms with Crippen LogP contribution in [0.3, 0.4) is 0 Å². The number of benzene rings is 1. The van der Waals surface area contributed by atoms with Crippen LogP contribution in [-0.4, -0.2) is 21.8 Å². The van der Waals surface area contributed by atoms with Crippen molar-refractivity contribution in [2.75, 3.05) is 0 Å². The Morgan fingerprint density at radius 3 is 2.31 bits per heavy atom. The predicted molar refractivity (Wildman–Crippen MR) is 45.0 cm³/mol. The highest BCUT2D eigenvalue weighted by Gasteiger charge is 2.35. The number of nitrogens with zero attached hydrogens (tertiary/aromatic N) is 3. The van der Waals surface area contributed by atoms with E-state index >= 15 is 0 Å². The van der Waals surface area contributed by atoms with Gasteiger partial charge in [-0.3, -0.25) is 0 Å². The maximum atomic E-state index is 9.27. The molecule has 1 aliphatic rings. The standard InChI is InChI=1S/C8H7N3O2/c12-8(13)7(9-11-10-8)6-4-2-1-3-5-6/h1-5,12-13H. The minimum Gasteiger partial charge on any atom is -0.341 e. The van der Waals surface area contributed by atoms with E-state index in [1.165, 1.54) is 0 Å². The van der Waals surface area contributed by atoms with Gasteiger partial charge in [0, 0.05) is 5.56 Å². The molecule has 0 amide bonds. The molecular weight excluding hydrogens is 170 g/mol. The lowest BCUT2D eigenvalue weighted by molar-refractivity contribution is -0.0909. The van der Waals surface area contributed by atoms with Gasteiger partial charge in [0.05, 0.1) is 0 Å². The topological polar surface area (TPSA) is 77.5 Å². The second-order valence-electron chi connectivity index (χ2n) is 2.64. The van der Waals surface area contributed by atoms with Crippen molar-refractivity contribution in [3.63, 3.8) is 0 Å². The number of rotatable bonds is 1. The van der Waals surface area contributed by atoms with Crippen LogP contribution in [0.15, 0.2) is 45.8 Å². The summed E-state index contributed by atoms with van der Waals surface area (Å²) in [5, 5.41) is 28.4. The largest absolute Gasteiger partial charge is 0.341 e. The summed E-state index contributed by atoms with van der Waals surface area (Å²) in [6.07, 6.45) is 0. The zero-order valence-electron chi connectivity index (χ0n) is 6.62. The van der Waals surface area contributed by atoms with Crippen LogP contribution in [0.1, 0.15) is 5.56 Å². The first-order valence-corrected chi connectivity index (χ1v) is 3.71. The van der Waals surface area contributed by atoms with Gasteiger partial charge >= 0.3 is 5.91 Å². The molecule has 2 N–H and O–H groups in total. The molecule has 0 unspecified atom stereocenters. The van der Waals surface area contributed by atoms with E-state index in [4.69, 9.17) is 0 Å². The molecule has 5 nitrogen and oxygen atoms in total. The maximum Gasteiger partial charge on any atom is 0.332 e. The molecule has 0 bridgehead atoms. The van der Waals surface area contributed by atoms with E-state index in [-0.39, 0.29) is 5.71 Å². The van der Waals surface area contributed by atoms with Crippen molar-refractivity contribution < 1.29 is 10.2 Å². The van der Waals surface area contributed by atoms with Crippen LogP contribution < -0.4 is 0 Å². The van der Waals surface area contributed by atoms with Crippen LogP contribution in [0.5, 0.6) is 0 Å². The van der Waals surface area contributed by atoms with Crippen molar-refractivity contribution >= 4 is 5.71 Å². The molecule has 1 aromatic carbocycles. The normalized spacial score (nSPS) is 18.8. The summed E-state index contributed by atoms with van der Waals surface area (Å²) >= 11 is 0. The van der Waals surface area contributed by atoms with Crippen molar-refractivity contribution in [2.45, 2.75) is 5.91 Å². The van der Waals surface area contributed by atoms with Crippen LogP contribution in [0.4, 0.5) is 0 Å². The molecule has 0 radical (unpaired) electrons. The summed E-state index contributed by atoms with van der Waals surface area (Å²) in [6.45, 7) is 0. The van der Waals surface area contributed by atoms with Crippen LogP contribution in [0.25, 0.3) is 0 Å². The number of hydrogen-bond acceptors (Lipinski definition) is 5. The third-order valence-corrected chi connectivity index (χ3v) is 1.69. The molecule has 1 aliphatic heterocycles. The molecule has 0 saturated heterocycles. The fourth-order valence-corrected chi connectivity index (χ4v) is 1.09. The first kappa shape index (κ1) is 8.03. The molecule has 13 heavy (non-hydrogen) atoms. The Hall–Kier alpha value is -1.59. The third kappa shape index (κ3) is 1.34. The van der Waals surface area contributed by atoms with Crippen LogP contribution in [0, 0.1) is 0 Å². The second-order valence-corrected chi connectivity index (χ2v) is 2.64. The highest BCUT2D eigenvalue weighted by Crippen LogP contribution is 2.19. The van der Waals surface area contributed by atoms with Gasteiger partial charge in [-0.05, 0) is 5.22 Å². The van der Waals surface area contributed by atoms with E-state index < -0.39 is 5.91 Å². The summed E-state index contributed by atoms with van der Waals surface area (Å²) in [5.41, 5.74) is 0.644. The van der Waals surface area contributed by atoms with Gasteiger partial charge < -0.3 is 10.2 Å². The fourth-order valence-electron chi connectivity index (χ4n) is 1.09. The SMILES string of the molecule is OC1(O)N=NN=C1c1ccccc1.